The lowest BCUT2D eigenvalue weighted by Gasteiger charge is -2.36. The fourth-order valence-electron chi connectivity index (χ4n) is 3.71. The van der Waals surface area contributed by atoms with E-state index in [9.17, 15) is 9.59 Å². The van der Waals surface area contributed by atoms with Gasteiger partial charge in [0.25, 0.3) is 5.91 Å². The number of imidazole rings is 1. The minimum atomic E-state index is -0.641. The standard InChI is InChI=1S/C23H21N5O2/c1-27(13-17-5-3-2-4-6-17)23(30)21-11-19-20(26-15-25-19)14-28(21)22(29)18-9-7-16(12-24)8-10-18/h2-10,15,21H,11,13-14H2,1H3,(H,25,26)/t21-/m0/s1. The monoisotopic (exact) mass is 399 g/mol. The van der Waals surface area contributed by atoms with Crippen molar-refractivity contribution >= 4 is 11.8 Å². The molecule has 0 aliphatic carbocycles. The molecule has 3 aromatic rings. The van der Waals surface area contributed by atoms with Crippen LogP contribution in [0.3, 0.4) is 0 Å². The van der Waals surface area contributed by atoms with E-state index in [1.165, 1.54) is 0 Å². The van der Waals surface area contributed by atoms with Gasteiger partial charge in [0.05, 0.1) is 35.9 Å². The molecule has 0 unspecified atom stereocenters. The summed E-state index contributed by atoms with van der Waals surface area (Å²) in [4.78, 5) is 37.2. The first kappa shape index (κ1) is 19.4. The summed E-state index contributed by atoms with van der Waals surface area (Å²) in [6, 6.07) is 17.6. The Morgan fingerprint density at radius 3 is 2.63 bits per heavy atom. The molecule has 2 amide bonds. The molecular weight excluding hydrogens is 378 g/mol. The first-order valence-electron chi connectivity index (χ1n) is 9.68. The minimum Gasteiger partial charge on any atom is -0.347 e. The van der Waals surface area contributed by atoms with Gasteiger partial charge < -0.3 is 14.8 Å². The van der Waals surface area contributed by atoms with Crippen molar-refractivity contribution in [2.24, 2.45) is 0 Å². The first-order chi connectivity index (χ1) is 14.6. The van der Waals surface area contributed by atoms with Crippen LogP contribution >= 0.6 is 0 Å². The molecular formula is C23H21N5O2. The summed E-state index contributed by atoms with van der Waals surface area (Å²) < 4.78 is 0. The quantitative estimate of drug-likeness (QED) is 0.729. The predicted octanol–water partition coefficient (Wildman–Crippen LogP) is 2.51. The number of carbonyl (C=O) groups excluding carboxylic acids is 2. The molecule has 0 saturated heterocycles. The van der Waals surface area contributed by atoms with E-state index in [0.29, 0.717) is 24.1 Å². The number of carbonyl (C=O) groups is 2. The fourth-order valence-corrected chi connectivity index (χ4v) is 3.71. The van der Waals surface area contributed by atoms with E-state index in [1.807, 2.05) is 36.4 Å². The Kier molecular flexibility index (Phi) is 5.31. The molecule has 1 atom stereocenters. The molecule has 2 aromatic carbocycles. The lowest BCUT2D eigenvalue weighted by Crippen LogP contribution is -2.52. The lowest BCUT2D eigenvalue weighted by molar-refractivity contribution is -0.136. The normalized spacial score (nSPS) is 15.2. The Morgan fingerprint density at radius 1 is 1.20 bits per heavy atom. The molecule has 1 N–H and O–H groups in total. The highest BCUT2D eigenvalue weighted by atomic mass is 16.2. The Hall–Kier alpha value is -3.92. The second kappa shape index (κ2) is 8.21. The largest absolute Gasteiger partial charge is 0.347 e. The van der Waals surface area contributed by atoms with Crippen molar-refractivity contribution in [3.63, 3.8) is 0 Å². The van der Waals surface area contributed by atoms with Gasteiger partial charge in [0.15, 0.2) is 0 Å². The zero-order valence-electron chi connectivity index (χ0n) is 16.6. The maximum atomic E-state index is 13.3. The molecule has 0 bridgehead atoms. The molecule has 7 heteroatoms. The van der Waals surface area contributed by atoms with E-state index in [0.717, 1.165) is 17.0 Å². The zero-order valence-corrected chi connectivity index (χ0v) is 16.6. The number of nitrogens with one attached hydrogen (secondary N) is 1. The summed E-state index contributed by atoms with van der Waals surface area (Å²) in [5.41, 5.74) is 3.60. The summed E-state index contributed by atoms with van der Waals surface area (Å²) >= 11 is 0. The van der Waals surface area contributed by atoms with Crippen molar-refractivity contribution in [1.29, 1.82) is 5.26 Å². The van der Waals surface area contributed by atoms with E-state index in [2.05, 4.69) is 9.97 Å². The summed E-state index contributed by atoms with van der Waals surface area (Å²) in [6.07, 6.45) is 1.95. The van der Waals surface area contributed by atoms with Crippen molar-refractivity contribution in [2.45, 2.75) is 25.6 Å². The van der Waals surface area contributed by atoms with Gasteiger partial charge in [-0.05, 0) is 29.8 Å². The van der Waals surface area contributed by atoms with Crippen molar-refractivity contribution in [3.8, 4) is 6.07 Å². The number of H-pyrrole nitrogens is 1. The highest BCUT2D eigenvalue weighted by Crippen LogP contribution is 2.24. The number of likely N-dealkylation sites (N-methyl/N-ethyl adjacent to an activating group) is 1. The summed E-state index contributed by atoms with van der Waals surface area (Å²) in [7, 11) is 1.75. The van der Waals surface area contributed by atoms with Crippen LogP contribution < -0.4 is 0 Å². The molecule has 0 saturated carbocycles. The van der Waals surface area contributed by atoms with Crippen molar-refractivity contribution < 1.29 is 9.59 Å². The molecule has 0 spiro atoms. The van der Waals surface area contributed by atoms with E-state index in [-0.39, 0.29) is 18.4 Å². The fraction of sp³-hybridized carbons (Fsp3) is 0.217. The second-order valence-corrected chi connectivity index (χ2v) is 7.35. The molecule has 1 aromatic heterocycles. The number of aromatic amines is 1. The summed E-state index contributed by atoms with van der Waals surface area (Å²) in [5.74, 6) is -0.374. The van der Waals surface area contributed by atoms with Crippen molar-refractivity contribution in [2.75, 3.05) is 7.05 Å². The number of nitrogens with zero attached hydrogens (tertiary/aromatic N) is 4. The van der Waals surface area contributed by atoms with Crippen LogP contribution in [0.4, 0.5) is 0 Å². The minimum absolute atomic E-state index is 0.130. The van der Waals surface area contributed by atoms with Gasteiger partial charge in [0, 0.05) is 25.6 Å². The number of fused-ring (bicyclic) bond motifs is 1. The van der Waals surface area contributed by atoms with Gasteiger partial charge >= 0.3 is 0 Å². The van der Waals surface area contributed by atoms with E-state index < -0.39 is 6.04 Å². The van der Waals surface area contributed by atoms with Crippen LogP contribution in [0.2, 0.25) is 0 Å². The summed E-state index contributed by atoms with van der Waals surface area (Å²) in [6.45, 7) is 0.742. The van der Waals surface area contributed by atoms with E-state index in [1.54, 1.807) is 47.4 Å². The Balaban J connectivity index is 1.60. The van der Waals surface area contributed by atoms with Crippen LogP contribution in [-0.2, 0) is 24.3 Å². The van der Waals surface area contributed by atoms with Gasteiger partial charge in [0.1, 0.15) is 6.04 Å². The van der Waals surface area contributed by atoms with Crippen LogP contribution in [0.1, 0.15) is 32.9 Å². The number of amides is 2. The van der Waals surface area contributed by atoms with Crippen LogP contribution in [0.5, 0.6) is 0 Å². The van der Waals surface area contributed by atoms with Crippen LogP contribution in [0.15, 0.2) is 60.9 Å². The highest BCUT2D eigenvalue weighted by molar-refractivity contribution is 5.98. The third kappa shape index (κ3) is 3.80. The van der Waals surface area contributed by atoms with Gasteiger partial charge in [-0.1, -0.05) is 30.3 Å². The molecule has 0 fully saturated rings. The average molecular weight is 399 g/mol. The van der Waals surface area contributed by atoms with Gasteiger partial charge in [0.2, 0.25) is 5.91 Å². The second-order valence-electron chi connectivity index (χ2n) is 7.35. The third-order valence-corrected chi connectivity index (χ3v) is 5.34. The number of aromatic nitrogens is 2. The Morgan fingerprint density at radius 2 is 1.93 bits per heavy atom. The maximum absolute atomic E-state index is 13.3. The topological polar surface area (TPSA) is 93.1 Å². The number of benzene rings is 2. The SMILES string of the molecule is CN(Cc1ccccc1)C(=O)[C@@H]1Cc2nc[nH]c2CN1C(=O)c1ccc(C#N)cc1. The van der Waals surface area contributed by atoms with E-state index >= 15 is 0 Å². The van der Waals surface area contributed by atoms with Gasteiger partial charge in [-0.15, -0.1) is 0 Å². The molecule has 2 heterocycles. The van der Waals surface area contributed by atoms with Gasteiger partial charge in [-0.2, -0.15) is 5.26 Å². The number of hydrogen-bond acceptors (Lipinski definition) is 4. The van der Waals surface area contributed by atoms with Crippen LogP contribution in [-0.4, -0.2) is 44.7 Å². The first-order valence-corrected chi connectivity index (χ1v) is 9.68. The Labute approximate surface area is 174 Å². The molecule has 30 heavy (non-hydrogen) atoms. The predicted molar refractivity (Wildman–Crippen MR) is 110 cm³/mol. The molecule has 1 aliphatic rings. The molecule has 150 valence electrons. The molecule has 1 aliphatic heterocycles. The lowest BCUT2D eigenvalue weighted by atomic mass is 9.99. The number of nitriles is 1. The van der Waals surface area contributed by atoms with E-state index in [4.69, 9.17) is 5.26 Å². The maximum Gasteiger partial charge on any atom is 0.254 e. The van der Waals surface area contributed by atoms with Crippen molar-refractivity contribution in [3.05, 3.63) is 89.0 Å². The third-order valence-electron chi connectivity index (χ3n) is 5.34. The smallest absolute Gasteiger partial charge is 0.254 e. The van der Waals surface area contributed by atoms with Crippen LogP contribution in [0.25, 0.3) is 0 Å². The Bertz CT molecular complexity index is 1100. The molecule has 7 nitrogen and oxygen atoms in total. The van der Waals surface area contributed by atoms with Gasteiger partial charge in [-0.3, -0.25) is 9.59 Å². The van der Waals surface area contributed by atoms with Gasteiger partial charge in [-0.25, -0.2) is 4.98 Å². The number of hydrogen-bond donors (Lipinski definition) is 1. The average Bonchev–Trinajstić information content (AvgIpc) is 3.25. The molecule has 0 radical (unpaired) electrons. The summed E-state index contributed by atoms with van der Waals surface area (Å²) in [5, 5.41) is 8.99. The number of rotatable bonds is 4. The zero-order chi connectivity index (χ0) is 21.1. The van der Waals surface area contributed by atoms with Crippen LogP contribution in [0, 0.1) is 11.3 Å². The van der Waals surface area contributed by atoms with Crippen molar-refractivity contribution in [1.82, 2.24) is 19.8 Å². The highest BCUT2D eigenvalue weighted by Gasteiger charge is 2.37. The molecule has 4 rings (SSSR count).